The van der Waals surface area contributed by atoms with E-state index in [9.17, 15) is 29.4 Å². The van der Waals surface area contributed by atoms with Gasteiger partial charge in [-0.15, -0.1) is 0 Å². The van der Waals surface area contributed by atoms with Crippen LogP contribution in [0, 0.1) is 5.92 Å². The van der Waals surface area contributed by atoms with E-state index in [0.29, 0.717) is 32.2 Å². The number of guanidine groups is 1. The number of carbonyl (C=O) groups excluding carboxylic acids is 3. The molecule has 0 aliphatic heterocycles. The van der Waals surface area contributed by atoms with Crippen LogP contribution in [0.4, 0.5) is 0 Å². The summed E-state index contributed by atoms with van der Waals surface area (Å²) in [5, 5.41) is 26.8. The van der Waals surface area contributed by atoms with Crippen molar-refractivity contribution in [2.75, 3.05) is 13.1 Å². The van der Waals surface area contributed by atoms with Gasteiger partial charge < -0.3 is 49.1 Å². The minimum Gasteiger partial charge on any atom is -0.480 e. The van der Waals surface area contributed by atoms with Crippen LogP contribution in [-0.4, -0.2) is 83.2 Å². The number of nitrogens with two attached hydrogens (primary N) is 4. The maximum absolute atomic E-state index is 12.8. The number of aliphatic hydroxyl groups is 1. The molecular weight excluding hydrogens is 460 g/mol. The molecule has 14 nitrogen and oxygen atoms in total. The van der Waals surface area contributed by atoms with E-state index in [1.807, 2.05) is 0 Å². The molecular formula is C21H42N8O6. The highest BCUT2D eigenvalue weighted by atomic mass is 16.4. The highest BCUT2D eigenvalue weighted by Crippen LogP contribution is 2.07. The maximum Gasteiger partial charge on any atom is 0.326 e. The lowest BCUT2D eigenvalue weighted by Crippen LogP contribution is -2.60. The molecule has 5 atom stereocenters. The molecule has 0 radical (unpaired) electrons. The molecule has 0 aliphatic rings. The summed E-state index contributed by atoms with van der Waals surface area (Å²) < 4.78 is 0. The summed E-state index contributed by atoms with van der Waals surface area (Å²) in [6.07, 6.45) is 0.753. The average Bonchev–Trinajstić information content (AvgIpc) is 2.76. The zero-order valence-corrected chi connectivity index (χ0v) is 20.7. The van der Waals surface area contributed by atoms with E-state index in [0.717, 1.165) is 0 Å². The Morgan fingerprint density at radius 3 is 1.91 bits per heavy atom. The highest BCUT2D eigenvalue weighted by Gasteiger charge is 2.33. The van der Waals surface area contributed by atoms with Crippen molar-refractivity contribution < 1.29 is 29.4 Å². The van der Waals surface area contributed by atoms with Gasteiger partial charge in [0, 0.05) is 6.54 Å². The molecule has 0 spiro atoms. The SMILES string of the molecule is CC(C)C(NC(=O)C(NC(=O)C(N)CCCCN)C(C)O)C(=O)NC(CCCN=C(N)N)C(=O)O. The summed E-state index contributed by atoms with van der Waals surface area (Å²) in [6.45, 7) is 5.28. The van der Waals surface area contributed by atoms with Crippen LogP contribution in [-0.2, 0) is 19.2 Å². The molecule has 0 aromatic carbocycles. The predicted octanol–water partition coefficient (Wildman–Crippen LogP) is -2.93. The standard InChI is InChI=1S/C21H42N8O6/c1-11(2)15(18(32)27-14(20(34)35)8-6-10-26-21(24)25)28-19(33)16(12(3)30)29-17(31)13(23)7-4-5-9-22/h11-16,30H,4-10,22-23H2,1-3H3,(H,27,32)(H,28,33)(H,29,31)(H,34,35)(H4,24,25,26). The van der Waals surface area contributed by atoms with Gasteiger partial charge in [0.1, 0.15) is 18.1 Å². The number of rotatable bonds is 17. The first-order valence-corrected chi connectivity index (χ1v) is 11.6. The normalized spacial score (nSPS) is 15.3. The van der Waals surface area contributed by atoms with Crippen LogP contribution in [0.1, 0.15) is 52.9 Å². The quantitative estimate of drug-likeness (QED) is 0.0555. The topological polar surface area (TPSA) is 261 Å². The third-order valence-corrected chi connectivity index (χ3v) is 5.18. The number of aliphatic imine (C=N–C) groups is 1. The van der Waals surface area contributed by atoms with Crippen molar-refractivity contribution in [1.29, 1.82) is 0 Å². The molecule has 5 unspecified atom stereocenters. The minimum atomic E-state index is -1.37. The van der Waals surface area contributed by atoms with Crippen LogP contribution in [0.5, 0.6) is 0 Å². The van der Waals surface area contributed by atoms with Gasteiger partial charge in [-0.3, -0.25) is 19.4 Å². The second-order valence-corrected chi connectivity index (χ2v) is 8.70. The number of hydrogen-bond acceptors (Lipinski definition) is 8. The Hall–Kier alpha value is -2.97. The monoisotopic (exact) mass is 502 g/mol. The molecule has 0 saturated carbocycles. The van der Waals surface area contributed by atoms with E-state index in [-0.39, 0.29) is 18.9 Å². The molecule has 0 fully saturated rings. The fourth-order valence-corrected chi connectivity index (χ4v) is 3.11. The summed E-state index contributed by atoms with van der Waals surface area (Å²) >= 11 is 0. The second-order valence-electron chi connectivity index (χ2n) is 8.70. The van der Waals surface area contributed by atoms with Crippen LogP contribution in [0.3, 0.4) is 0 Å². The number of amides is 3. The Labute approximate surface area is 205 Å². The first-order valence-electron chi connectivity index (χ1n) is 11.6. The van der Waals surface area contributed by atoms with Gasteiger partial charge in [0.25, 0.3) is 0 Å². The zero-order valence-electron chi connectivity index (χ0n) is 20.7. The van der Waals surface area contributed by atoms with E-state index in [2.05, 4.69) is 20.9 Å². The zero-order chi connectivity index (χ0) is 27.1. The molecule has 0 aromatic rings. The molecule has 3 amide bonds. The Morgan fingerprint density at radius 2 is 1.43 bits per heavy atom. The van der Waals surface area contributed by atoms with Gasteiger partial charge in [0.2, 0.25) is 17.7 Å². The van der Waals surface area contributed by atoms with Gasteiger partial charge in [-0.05, 0) is 45.1 Å². The van der Waals surface area contributed by atoms with Crippen LogP contribution in [0.25, 0.3) is 0 Å². The molecule has 0 rings (SSSR count). The van der Waals surface area contributed by atoms with Crippen molar-refractivity contribution in [1.82, 2.24) is 16.0 Å². The lowest BCUT2D eigenvalue weighted by molar-refractivity contribution is -0.143. The van der Waals surface area contributed by atoms with Crippen molar-refractivity contribution in [3.63, 3.8) is 0 Å². The van der Waals surface area contributed by atoms with E-state index in [1.54, 1.807) is 13.8 Å². The predicted molar refractivity (Wildman–Crippen MR) is 131 cm³/mol. The fraction of sp³-hybridized carbons (Fsp3) is 0.762. The third kappa shape index (κ3) is 12.9. The molecule has 0 aliphatic carbocycles. The van der Waals surface area contributed by atoms with Gasteiger partial charge in [0.15, 0.2) is 5.96 Å². The first-order chi connectivity index (χ1) is 16.3. The molecule has 0 aromatic heterocycles. The second kappa shape index (κ2) is 16.6. The number of nitrogens with one attached hydrogen (secondary N) is 3. The molecule has 0 saturated heterocycles. The van der Waals surface area contributed by atoms with Gasteiger partial charge >= 0.3 is 5.97 Å². The molecule has 14 heteroatoms. The summed E-state index contributed by atoms with van der Waals surface area (Å²) in [7, 11) is 0. The molecule has 0 heterocycles. The summed E-state index contributed by atoms with van der Waals surface area (Å²) in [5.74, 6) is -3.97. The summed E-state index contributed by atoms with van der Waals surface area (Å²) in [4.78, 5) is 53.4. The molecule has 35 heavy (non-hydrogen) atoms. The number of unbranched alkanes of at least 4 members (excludes halogenated alkanes) is 1. The van der Waals surface area contributed by atoms with Crippen molar-refractivity contribution in [2.45, 2.75) is 83.1 Å². The molecule has 202 valence electrons. The number of hydrogen-bond donors (Lipinski definition) is 9. The minimum absolute atomic E-state index is 0.0605. The number of carboxylic acid groups (broad SMARTS) is 1. The highest BCUT2D eigenvalue weighted by molar-refractivity contribution is 5.94. The Kier molecular flexibility index (Phi) is 15.2. The Balaban J connectivity index is 5.23. The average molecular weight is 503 g/mol. The van der Waals surface area contributed by atoms with Gasteiger partial charge in [-0.25, -0.2) is 4.79 Å². The summed E-state index contributed by atoms with van der Waals surface area (Å²) in [6, 6.07) is -4.62. The largest absolute Gasteiger partial charge is 0.480 e. The van der Waals surface area contributed by atoms with Gasteiger partial charge in [0.05, 0.1) is 12.1 Å². The smallest absolute Gasteiger partial charge is 0.326 e. The number of carboxylic acids is 1. The fourth-order valence-electron chi connectivity index (χ4n) is 3.11. The summed E-state index contributed by atoms with van der Waals surface area (Å²) in [5.41, 5.74) is 21.7. The van der Waals surface area contributed by atoms with E-state index in [1.165, 1.54) is 6.92 Å². The lowest BCUT2D eigenvalue weighted by Gasteiger charge is -2.28. The van der Waals surface area contributed by atoms with E-state index < -0.39 is 59.9 Å². The van der Waals surface area contributed by atoms with E-state index >= 15 is 0 Å². The number of carbonyl (C=O) groups is 4. The van der Waals surface area contributed by atoms with E-state index in [4.69, 9.17) is 22.9 Å². The number of nitrogens with zero attached hydrogens (tertiary/aromatic N) is 1. The Bertz CT molecular complexity index is 727. The van der Waals surface area contributed by atoms with Crippen molar-refractivity contribution in [2.24, 2.45) is 33.8 Å². The van der Waals surface area contributed by atoms with Crippen LogP contribution >= 0.6 is 0 Å². The molecule has 0 bridgehead atoms. The van der Waals surface area contributed by atoms with Crippen LogP contribution in [0.15, 0.2) is 4.99 Å². The van der Waals surface area contributed by atoms with Crippen LogP contribution in [0.2, 0.25) is 0 Å². The molecule has 13 N–H and O–H groups in total. The first kappa shape index (κ1) is 32.0. The lowest BCUT2D eigenvalue weighted by atomic mass is 10.0. The van der Waals surface area contributed by atoms with Crippen molar-refractivity contribution in [3.05, 3.63) is 0 Å². The van der Waals surface area contributed by atoms with Gasteiger partial charge in [-0.2, -0.15) is 0 Å². The number of aliphatic carboxylic acids is 1. The van der Waals surface area contributed by atoms with Crippen molar-refractivity contribution >= 4 is 29.7 Å². The van der Waals surface area contributed by atoms with Gasteiger partial charge in [-0.1, -0.05) is 20.3 Å². The third-order valence-electron chi connectivity index (χ3n) is 5.18. The Morgan fingerprint density at radius 1 is 0.857 bits per heavy atom. The van der Waals surface area contributed by atoms with Crippen LogP contribution < -0.4 is 38.9 Å². The maximum atomic E-state index is 12.8. The van der Waals surface area contributed by atoms with Crippen molar-refractivity contribution in [3.8, 4) is 0 Å². The number of aliphatic hydroxyl groups excluding tert-OH is 1.